The van der Waals surface area contributed by atoms with Crippen LogP contribution >= 0.6 is 0 Å². The van der Waals surface area contributed by atoms with Gasteiger partial charge in [0.25, 0.3) is 0 Å². The largest absolute Gasteiger partial charge is 0.309 e. The lowest BCUT2D eigenvalue weighted by atomic mass is 9.70. The van der Waals surface area contributed by atoms with Crippen molar-refractivity contribution in [1.82, 2.24) is 4.57 Å². The molecule has 0 atom stereocenters. The highest BCUT2D eigenvalue weighted by Gasteiger charge is 2.51. The summed E-state index contributed by atoms with van der Waals surface area (Å²) in [5, 5.41) is 7.49. The predicted octanol–water partition coefficient (Wildman–Crippen LogP) is 18.1. The molecule has 0 saturated carbocycles. The summed E-state index contributed by atoms with van der Waals surface area (Å²) in [5.41, 5.74) is 23.6. The summed E-state index contributed by atoms with van der Waals surface area (Å²) in [6.45, 7) is 0. The highest BCUT2D eigenvalue weighted by atomic mass is 15.0. The molecule has 1 nitrogen and oxygen atoms in total. The van der Waals surface area contributed by atoms with Gasteiger partial charge in [0.2, 0.25) is 0 Å². The molecule has 0 aliphatic heterocycles. The Balaban J connectivity index is 0.949. The van der Waals surface area contributed by atoms with Crippen LogP contribution in [0.4, 0.5) is 0 Å². The molecule has 70 heavy (non-hydrogen) atoms. The lowest BCUT2D eigenvalue weighted by Gasteiger charge is -2.30. The first-order valence-electron chi connectivity index (χ1n) is 24.4. The predicted molar refractivity (Wildman–Crippen MR) is 294 cm³/mol. The topological polar surface area (TPSA) is 4.93 Å². The molecule has 1 heteroatoms. The van der Waals surface area contributed by atoms with Crippen LogP contribution in [-0.4, -0.2) is 4.57 Å². The number of rotatable bonds is 5. The second-order valence-corrected chi connectivity index (χ2v) is 19.1. The van der Waals surface area contributed by atoms with Gasteiger partial charge in [-0.2, -0.15) is 0 Å². The number of fused-ring (bicyclic) bond motifs is 15. The van der Waals surface area contributed by atoms with Crippen molar-refractivity contribution in [2.45, 2.75) is 5.41 Å². The van der Waals surface area contributed by atoms with Crippen LogP contribution in [-0.2, 0) is 5.41 Å². The van der Waals surface area contributed by atoms with Crippen LogP contribution in [0, 0.1) is 0 Å². The molecule has 0 unspecified atom stereocenters. The highest BCUT2D eigenvalue weighted by Crippen LogP contribution is 2.63. The van der Waals surface area contributed by atoms with Gasteiger partial charge in [-0.1, -0.05) is 212 Å². The first-order chi connectivity index (χ1) is 34.7. The van der Waals surface area contributed by atoms with Crippen molar-refractivity contribution in [2.24, 2.45) is 0 Å². The molecule has 13 aromatic rings. The van der Waals surface area contributed by atoms with Crippen LogP contribution in [0.2, 0.25) is 0 Å². The van der Waals surface area contributed by atoms with Crippen LogP contribution in [0.5, 0.6) is 0 Å². The molecule has 1 aromatic heterocycles. The first kappa shape index (κ1) is 39.0. The second kappa shape index (κ2) is 15.0. The molecular formula is C69H43N. The van der Waals surface area contributed by atoms with E-state index in [1.165, 1.54) is 132 Å². The maximum atomic E-state index is 2.50. The van der Waals surface area contributed by atoms with Gasteiger partial charge < -0.3 is 4.57 Å². The molecule has 1 spiro atoms. The van der Waals surface area contributed by atoms with E-state index >= 15 is 0 Å². The van der Waals surface area contributed by atoms with E-state index in [1.807, 2.05) is 0 Å². The van der Waals surface area contributed by atoms with Crippen molar-refractivity contribution in [3.8, 4) is 72.4 Å². The van der Waals surface area contributed by atoms with E-state index in [2.05, 4.69) is 265 Å². The number of hydrogen-bond donors (Lipinski definition) is 0. The third kappa shape index (κ3) is 5.43. The fourth-order valence-electron chi connectivity index (χ4n) is 12.7. The van der Waals surface area contributed by atoms with Crippen LogP contribution in [0.25, 0.3) is 116 Å². The van der Waals surface area contributed by atoms with Crippen molar-refractivity contribution in [3.05, 3.63) is 283 Å². The zero-order valence-electron chi connectivity index (χ0n) is 38.3. The maximum absolute atomic E-state index is 2.50. The summed E-state index contributed by atoms with van der Waals surface area (Å²) in [5.74, 6) is 0. The number of aromatic nitrogens is 1. The van der Waals surface area contributed by atoms with Crippen LogP contribution in [0.1, 0.15) is 22.3 Å². The molecule has 12 aromatic carbocycles. The molecule has 0 bridgehead atoms. The van der Waals surface area contributed by atoms with Gasteiger partial charge in [-0.25, -0.2) is 0 Å². The first-order valence-corrected chi connectivity index (χ1v) is 24.4. The highest BCUT2D eigenvalue weighted by molar-refractivity contribution is 6.22. The van der Waals surface area contributed by atoms with E-state index in [-0.39, 0.29) is 0 Å². The Kier molecular flexibility index (Phi) is 8.35. The molecule has 0 radical (unpaired) electrons. The fraction of sp³-hybridized carbons (Fsp3) is 0.0145. The van der Waals surface area contributed by atoms with E-state index in [4.69, 9.17) is 0 Å². The minimum atomic E-state index is -0.397. The molecule has 0 saturated heterocycles. The molecule has 0 N–H and O–H groups in total. The minimum absolute atomic E-state index is 0.397. The Bertz CT molecular complexity index is 4210. The molecule has 15 rings (SSSR count). The average Bonchev–Trinajstić information content (AvgIpc) is 4.04. The standard InChI is InChI=1S/C69H43N/c1-4-18-44(19-5-1)67-55-27-10-11-28-56(55)68(45-20-6-2-7-21-45)60-42-46(33-37-57(60)67)47-34-38-65-58(40-47)59-41-48(35-39-66(59)70(65)50-22-8-3-9-23-50)49-32-36-54-53-26-14-17-31-63(53)69(64(54)43-49)61-29-15-12-24-51(61)52-25-13-16-30-62(52)69/h1-43H. The zero-order chi connectivity index (χ0) is 45.9. The summed E-state index contributed by atoms with van der Waals surface area (Å²) in [6.07, 6.45) is 0. The summed E-state index contributed by atoms with van der Waals surface area (Å²) in [6, 6.07) is 97.4. The summed E-state index contributed by atoms with van der Waals surface area (Å²) >= 11 is 0. The molecule has 0 amide bonds. The van der Waals surface area contributed by atoms with Crippen LogP contribution < -0.4 is 0 Å². The van der Waals surface area contributed by atoms with E-state index in [0.29, 0.717) is 0 Å². The minimum Gasteiger partial charge on any atom is -0.309 e. The van der Waals surface area contributed by atoms with Gasteiger partial charge in [0, 0.05) is 16.5 Å². The molecule has 324 valence electrons. The summed E-state index contributed by atoms with van der Waals surface area (Å²) in [7, 11) is 0. The van der Waals surface area contributed by atoms with E-state index in [9.17, 15) is 0 Å². The fourth-order valence-corrected chi connectivity index (χ4v) is 12.7. The average molecular weight is 886 g/mol. The third-order valence-corrected chi connectivity index (χ3v) is 15.6. The van der Waals surface area contributed by atoms with Crippen LogP contribution in [0.3, 0.4) is 0 Å². The lowest BCUT2D eigenvalue weighted by molar-refractivity contribution is 0.794. The van der Waals surface area contributed by atoms with Crippen molar-refractivity contribution in [1.29, 1.82) is 0 Å². The number of benzene rings is 12. The smallest absolute Gasteiger partial charge is 0.0725 e. The SMILES string of the molecule is c1ccc(-c2c3ccccc3c(-c3ccccc3)c3cc(-c4ccc5c(c4)c4cc(-c6ccc7c(c6)C6(c8ccccc8-c8ccccc86)c6ccccc6-7)ccc4n5-c4ccccc4)ccc23)cc1. The summed E-state index contributed by atoms with van der Waals surface area (Å²) < 4.78 is 2.44. The van der Waals surface area contributed by atoms with Crippen molar-refractivity contribution in [3.63, 3.8) is 0 Å². The quantitative estimate of drug-likeness (QED) is 0.152. The maximum Gasteiger partial charge on any atom is 0.0725 e. The Hall–Kier alpha value is -9.04. The van der Waals surface area contributed by atoms with Gasteiger partial charge in [-0.05, 0) is 159 Å². The van der Waals surface area contributed by atoms with Crippen molar-refractivity contribution < 1.29 is 0 Å². The van der Waals surface area contributed by atoms with E-state index in [0.717, 1.165) is 5.69 Å². The van der Waals surface area contributed by atoms with Gasteiger partial charge in [0.1, 0.15) is 0 Å². The lowest BCUT2D eigenvalue weighted by Crippen LogP contribution is -2.25. The molecule has 2 aliphatic rings. The monoisotopic (exact) mass is 885 g/mol. The number of hydrogen-bond acceptors (Lipinski definition) is 0. The second-order valence-electron chi connectivity index (χ2n) is 19.1. The van der Waals surface area contributed by atoms with Gasteiger partial charge in [0.05, 0.1) is 16.4 Å². The normalized spacial score (nSPS) is 13.0. The molecule has 1 heterocycles. The molecule has 2 aliphatic carbocycles. The molecule has 0 fully saturated rings. The van der Waals surface area contributed by atoms with E-state index < -0.39 is 5.41 Å². The van der Waals surface area contributed by atoms with Gasteiger partial charge in [0.15, 0.2) is 0 Å². The van der Waals surface area contributed by atoms with E-state index in [1.54, 1.807) is 0 Å². The Morgan fingerprint density at radius 1 is 0.229 bits per heavy atom. The number of para-hydroxylation sites is 1. The summed E-state index contributed by atoms with van der Waals surface area (Å²) in [4.78, 5) is 0. The van der Waals surface area contributed by atoms with Gasteiger partial charge >= 0.3 is 0 Å². The Labute approximate surface area is 406 Å². The van der Waals surface area contributed by atoms with Crippen molar-refractivity contribution in [2.75, 3.05) is 0 Å². The van der Waals surface area contributed by atoms with Gasteiger partial charge in [-0.3, -0.25) is 0 Å². The Morgan fingerprint density at radius 3 is 1.13 bits per heavy atom. The van der Waals surface area contributed by atoms with Gasteiger partial charge in [-0.15, -0.1) is 0 Å². The molecular weight excluding hydrogens is 843 g/mol. The number of nitrogens with zero attached hydrogens (tertiary/aromatic N) is 1. The van der Waals surface area contributed by atoms with Crippen LogP contribution in [0.15, 0.2) is 261 Å². The Morgan fingerprint density at radius 2 is 0.600 bits per heavy atom. The zero-order valence-corrected chi connectivity index (χ0v) is 38.3. The van der Waals surface area contributed by atoms with Crippen molar-refractivity contribution >= 4 is 43.4 Å². The third-order valence-electron chi connectivity index (χ3n) is 15.6.